The molecule has 0 spiro atoms. The fourth-order valence-electron chi connectivity index (χ4n) is 1.31. The number of esters is 1. The van der Waals surface area contributed by atoms with E-state index in [2.05, 4.69) is 6.92 Å². The van der Waals surface area contributed by atoms with Crippen LogP contribution in [0.15, 0.2) is 0 Å². The summed E-state index contributed by atoms with van der Waals surface area (Å²) >= 11 is 0. The summed E-state index contributed by atoms with van der Waals surface area (Å²) in [4.78, 5) is 23.4. The van der Waals surface area contributed by atoms with Gasteiger partial charge in [0.1, 0.15) is 12.0 Å². The third kappa shape index (κ3) is 5.31. The van der Waals surface area contributed by atoms with Gasteiger partial charge in [-0.1, -0.05) is 13.3 Å². The van der Waals surface area contributed by atoms with E-state index in [0.717, 1.165) is 12.8 Å². The maximum Gasteiger partial charge on any atom is 0.319 e. The van der Waals surface area contributed by atoms with Crippen LogP contribution in [0.3, 0.4) is 0 Å². The maximum absolute atomic E-state index is 11.9. The van der Waals surface area contributed by atoms with Crippen molar-refractivity contribution in [2.45, 2.75) is 53.6 Å². The molecule has 0 fully saturated rings. The molecule has 0 aromatic carbocycles. The molecule has 1 atom stereocenters. The zero-order valence-electron chi connectivity index (χ0n) is 11.5. The fourth-order valence-corrected chi connectivity index (χ4v) is 1.31. The minimum Gasteiger partial charge on any atom is -0.465 e. The number of ether oxygens (including phenoxy) is 2. The van der Waals surface area contributed by atoms with Crippen molar-refractivity contribution in [2.75, 3.05) is 13.2 Å². The van der Waals surface area contributed by atoms with E-state index in [4.69, 9.17) is 9.47 Å². The SMILES string of the molecule is CCCC(C)OCC(=O)C(C)(C)C(=O)OCC. The van der Waals surface area contributed by atoms with Gasteiger partial charge in [0.2, 0.25) is 0 Å². The van der Waals surface area contributed by atoms with Gasteiger partial charge in [-0.05, 0) is 34.1 Å². The van der Waals surface area contributed by atoms with Crippen molar-refractivity contribution in [3.05, 3.63) is 0 Å². The van der Waals surface area contributed by atoms with Gasteiger partial charge in [-0.3, -0.25) is 9.59 Å². The Morgan fingerprint density at radius 2 is 1.82 bits per heavy atom. The Labute approximate surface area is 104 Å². The van der Waals surface area contributed by atoms with Crippen LogP contribution in [0.5, 0.6) is 0 Å². The number of ketones is 1. The molecule has 0 N–H and O–H groups in total. The summed E-state index contributed by atoms with van der Waals surface area (Å²) in [6.07, 6.45) is 1.96. The van der Waals surface area contributed by atoms with Crippen LogP contribution in [-0.2, 0) is 19.1 Å². The van der Waals surface area contributed by atoms with Crippen molar-refractivity contribution in [3.63, 3.8) is 0 Å². The maximum atomic E-state index is 11.9. The van der Waals surface area contributed by atoms with Gasteiger partial charge in [-0.25, -0.2) is 0 Å². The molecule has 0 heterocycles. The van der Waals surface area contributed by atoms with Crippen LogP contribution in [0.1, 0.15) is 47.5 Å². The van der Waals surface area contributed by atoms with E-state index in [1.54, 1.807) is 20.8 Å². The number of rotatable bonds is 8. The van der Waals surface area contributed by atoms with Crippen molar-refractivity contribution >= 4 is 11.8 Å². The molecule has 4 heteroatoms. The number of carbonyl (C=O) groups excluding carboxylic acids is 2. The summed E-state index contributed by atoms with van der Waals surface area (Å²) in [7, 11) is 0. The molecule has 17 heavy (non-hydrogen) atoms. The molecule has 0 radical (unpaired) electrons. The van der Waals surface area contributed by atoms with Crippen molar-refractivity contribution < 1.29 is 19.1 Å². The molecule has 100 valence electrons. The molecular formula is C13H24O4. The third-order valence-electron chi connectivity index (χ3n) is 2.68. The first kappa shape index (κ1) is 16.1. The minimum absolute atomic E-state index is 0.0347. The number of Topliss-reactive ketones (excluding diaryl/α,β-unsaturated/α-hetero) is 1. The molecule has 0 aliphatic heterocycles. The summed E-state index contributed by atoms with van der Waals surface area (Å²) in [6, 6.07) is 0. The topological polar surface area (TPSA) is 52.6 Å². The highest BCUT2D eigenvalue weighted by atomic mass is 16.5. The van der Waals surface area contributed by atoms with Gasteiger partial charge in [-0.15, -0.1) is 0 Å². The van der Waals surface area contributed by atoms with Gasteiger partial charge in [0.15, 0.2) is 5.78 Å². The van der Waals surface area contributed by atoms with Crippen LogP contribution in [0.2, 0.25) is 0 Å². The average Bonchev–Trinajstić information content (AvgIpc) is 2.26. The Morgan fingerprint density at radius 3 is 2.29 bits per heavy atom. The Bertz CT molecular complexity index is 258. The molecule has 0 saturated heterocycles. The lowest BCUT2D eigenvalue weighted by atomic mass is 9.88. The number of hydrogen-bond acceptors (Lipinski definition) is 4. The van der Waals surface area contributed by atoms with E-state index in [0.29, 0.717) is 0 Å². The number of hydrogen-bond donors (Lipinski definition) is 0. The molecule has 0 amide bonds. The molecule has 1 unspecified atom stereocenters. The largest absolute Gasteiger partial charge is 0.465 e. The van der Waals surface area contributed by atoms with Crippen LogP contribution in [0.4, 0.5) is 0 Å². The smallest absolute Gasteiger partial charge is 0.319 e. The molecule has 0 aliphatic carbocycles. The van der Waals surface area contributed by atoms with Crippen molar-refractivity contribution in [2.24, 2.45) is 5.41 Å². The van der Waals surface area contributed by atoms with Crippen LogP contribution < -0.4 is 0 Å². The van der Waals surface area contributed by atoms with E-state index in [-0.39, 0.29) is 25.1 Å². The quantitative estimate of drug-likeness (QED) is 0.486. The predicted molar refractivity (Wildman–Crippen MR) is 65.7 cm³/mol. The molecule has 0 aromatic heterocycles. The van der Waals surface area contributed by atoms with Gasteiger partial charge in [0, 0.05) is 0 Å². The molecule has 0 rings (SSSR count). The zero-order valence-corrected chi connectivity index (χ0v) is 11.5. The Balaban J connectivity index is 4.24. The Hall–Kier alpha value is -0.900. The van der Waals surface area contributed by atoms with E-state index >= 15 is 0 Å². The van der Waals surface area contributed by atoms with E-state index in [1.165, 1.54) is 0 Å². The lowest BCUT2D eigenvalue weighted by Gasteiger charge is -2.21. The first-order chi connectivity index (χ1) is 7.86. The van der Waals surface area contributed by atoms with Crippen LogP contribution >= 0.6 is 0 Å². The van der Waals surface area contributed by atoms with Crippen molar-refractivity contribution in [1.82, 2.24) is 0 Å². The van der Waals surface area contributed by atoms with Gasteiger partial charge in [-0.2, -0.15) is 0 Å². The van der Waals surface area contributed by atoms with Crippen molar-refractivity contribution in [3.8, 4) is 0 Å². The third-order valence-corrected chi connectivity index (χ3v) is 2.68. The summed E-state index contributed by atoms with van der Waals surface area (Å²) in [5.41, 5.74) is -1.12. The van der Waals surface area contributed by atoms with Gasteiger partial charge < -0.3 is 9.47 Å². The summed E-state index contributed by atoms with van der Waals surface area (Å²) in [5, 5.41) is 0. The van der Waals surface area contributed by atoms with E-state index in [9.17, 15) is 9.59 Å². The second-order valence-corrected chi connectivity index (χ2v) is 4.68. The number of carbonyl (C=O) groups is 2. The standard InChI is InChI=1S/C13H24O4/c1-6-8-10(3)17-9-11(14)13(4,5)12(15)16-7-2/h10H,6-9H2,1-5H3. The monoisotopic (exact) mass is 244 g/mol. The van der Waals surface area contributed by atoms with Crippen LogP contribution in [-0.4, -0.2) is 31.1 Å². The van der Waals surface area contributed by atoms with Crippen LogP contribution in [0, 0.1) is 5.41 Å². The molecule has 0 bridgehead atoms. The Morgan fingerprint density at radius 1 is 1.24 bits per heavy atom. The predicted octanol–water partition coefficient (Wildman–Crippen LogP) is 2.35. The van der Waals surface area contributed by atoms with Gasteiger partial charge in [0.25, 0.3) is 0 Å². The molecule has 0 saturated carbocycles. The summed E-state index contributed by atoms with van der Waals surface area (Å²) < 4.78 is 10.3. The lowest BCUT2D eigenvalue weighted by molar-refractivity contribution is -0.159. The Kier molecular flexibility index (Phi) is 7.04. The molecule has 0 aromatic rings. The fraction of sp³-hybridized carbons (Fsp3) is 0.846. The highest BCUT2D eigenvalue weighted by Gasteiger charge is 2.37. The lowest BCUT2D eigenvalue weighted by Crippen LogP contribution is -2.38. The second-order valence-electron chi connectivity index (χ2n) is 4.68. The highest BCUT2D eigenvalue weighted by molar-refractivity contribution is 6.03. The zero-order chi connectivity index (χ0) is 13.5. The second kappa shape index (κ2) is 7.43. The van der Waals surface area contributed by atoms with E-state index < -0.39 is 11.4 Å². The average molecular weight is 244 g/mol. The molecule has 4 nitrogen and oxygen atoms in total. The normalized spacial score (nSPS) is 13.2. The minimum atomic E-state index is -1.12. The first-order valence-corrected chi connectivity index (χ1v) is 6.18. The van der Waals surface area contributed by atoms with Gasteiger partial charge >= 0.3 is 5.97 Å². The van der Waals surface area contributed by atoms with Crippen LogP contribution in [0.25, 0.3) is 0 Å². The summed E-state index contributed by atoms with van der Waals surface area (Å²) in [5.74, 6) is -0.726. The van der Waals surface area contributed by atoms with Crippen molar-refractivity contribution in [1.29, 1.82) is 0 Å². The summed E-state index contributed by atoms with van der Waals surface area (Å²) in [6.45, 7) is 9.09. The highest BCUT2D eigenvalue weighted by Crippen LogP contribution is 2.19. The van der Waals surface area contributed by atoms with E-state index in [1.807, 2.05) is 6.92 Å². The molecule has 0 aliphatic rings. The van der Waals surface area contributed by atoms with Gasteiger partial charge in [0.05, 0.1) is 12.7 Å². The first-order valence-electron chi connectivity index (χ1n) is 6.18. The molecular weight excluding hydrogens is 220 g/mol.